The van der Waals surface area contributed by atoms with E-state index in [2.05, 4.69) is 36.9 Å². The van der Waals surface area contributed by atoms with E-state index in [1.165, 1.54) is 62.3 Å². The molecule has 0 bridgehead atoms. The summed E-state index contributed by atoms with van der Waals surface area (Å²) in [5.41, 5.74) is 3.03. The van der Waals surface area contributed by atoms with Crippen molar-refractivity contribution in [2.45, 2.75) is 82.3 Å². The number of hydrogen-bond donors (Lipinski definition) is 7. The lowest BCUT2D eigenvalue weighted by molar-refractivity contribution is -0.137. The highest BCUT2D eigenvalue weighted by Crippen LogP contribution is 2.46. The average Bonchev–Trinajstić information content (AvgIpc) is 1.59. The summed E-state index contributed by atoms with van der Waals surface area (Å²) in [6.45, 7) is 2.84. The number of aryl methyl sites for hydroxylation is 2. The van der Waals surface area contributed by atoms with Crippen molar-refractivity contribution in [1.82, 2.24) is 35.0 Å². The number of aromatic nitrogens is 3. The van der Waals surface area contributed by atoms with Crippen molar-refractivity contribution in [3.05, 3.63) is 139 Å². The third-order valence-electron chi connectivity index (χ3n) is 15.0. The minimum atomic E-state index is -5.28. The molecule has 6 aromatic rings. The Morgan fingerprint density at radius 1 is 0.714 bits per heavy atom. The smallest absolute Gasteiger partial charge is 0.421 e. The minimum Gasteiger partial charge on any atom is -0.493 e. The number of carbonyl (C=O) groups is 10. The van der Waals surface area contributed by atoms with Crippen molar-refractivity contribution in [3.63, 3.8) is 0 Å². The molecule has 9 rings (SSSR count). The Morgan fingerprint density at radius 3 is 2.05 bits per heavy atom. The van der Waals surface area contributed by atoms with E-state index in [1.807, 2.05) is 6.20 Å². The largest absolute Gasteiger partial charge is 0.493 e. The van der Waals surface area contributed by atoms with E-state index in [9.17, 15) is 60.9 Å². The van der Waals surface area contributed by atoms with Crippen LogP contribution >= 0.6 is 0 Å². The van der Waals surface area contributed by atoms with Crippen molar-refractivity contribution in [1.29, 1.82) is 0 Å². The van der Waals surface area contributed by atoms with Gasteiger partial charge in [-0.05, 0) is 105 Å². The molecular weight excluding hydrogens is 1200 g/mol. The molecule has 7 N–H and O–H groups in total. The Kier molecular flexibility index (Phi) is 20.1. The zero-order chi connectivity index (χ0) is 65.3. The molecule has 10 amide bonds. The summed E-state index contributed by atoms with van der Waals surface area (Å²) < 4.78 is 59.5. The number of para-hydroxylation sites is 1. The highest BCUT2D eigenvalue weighted by atomic mass is 32.2. The van der Waals surface area contributed by atoms with Gasteiger partial charge in [-0.15, -0.1) is 0 Å². The van der Waals surface area contributed by atoms with Gasteiger partial charge in [0, 0.05) is 99.7 Å². The number of imidazole rings is 1. The lowest BCUT2D eigenvalue weighted by Gasteiger charge is -2.33. The first-order valence-electron chi connectivity index (χ1n) is 28.9. The molecule has 5 heterocycles. The van der Waals surface area contributed by atoms with E-state index >= 15 is 0 Å². The number of rotatable bonds is 25. The molecule has 4 atom stereocenters. The number of nitrogens with one attached hydrogen (secondary N) is 6. The van der Waals surface area contributed by atoms with Crippen molar-refractivity contribution >= 4 is 97.9 Å². The predicted molar refractivity (Wildman–Crippen MR) is 331 cm³/mol. The fourth-order valence-corrected chi connectivity index (χ4v) is 11.5. The second kappa shape index (κ2) is 28.2. The van der Waals surface area contributed by atoms with Gasteiger partial charge in [-0.3, -0.25) is 57.5 Å². The van der Waals surface area contributed by atoms with Gasteiger partial charge in [0.2, 0.25) is 29.5 Å². The molecule has 4 aromatic carbocycles. The molecule has 0 aliphatic carbocycles. The maximum Gasteiger partial charge on any atom is 0.421 e. The van der Waals surface area contributed by atoms with Gasteiger partial charge in [-0.2, -0.15) is 8.42 Å². The molecule has 476 valence electrons. The summed E-state index contributed by atoms with van der Waals surface area (Å²) in [6.07, 6.45) is 6.83. The Morgan fingerprint density at radius 2 is 1.37 bits per heavy atom. The highest BCUT2D eigenvalue weighted by Gasteiger charge is 2.53. The molecule has 1 unspecified atom stereocenters. The molecule has 91 heavy (non-hydrogen) atoms. The third-order valence-corrected chi connectivity index (χ3v) is 16.2. The normalized spacial score (nSPS) is 15.5. The molecule has 29 heteroatoms. The number of hydrogen-bond acceptors (Lipinski definition) is 16. The Labute approximate surface area is 522 Å². The van der Waals surface area contributed by atoms with E-state index in [0.717, 1.165) is 28.2 Å². The number of ether oxygens (including phenoxy) is 3. The fraction of sp³-hybridized carbons (Fsp3) is 0.306. The molecule has 0 radical (unpaired) electrons. The first-order chi connectivity index (χ1) is 43.4. The average molecular weight is 1270 g/mol. The number of methoxy groups -OCH3 is 1. The summed E-state index contributed by atoms with van der Waals surface area (Å²) in [6, 6.07) is 19.7. The first kappa shape index (κ1) is 64.8. The molecule has 3 aliphatic heterocycles. The molecule has 0 saturated heterocycles. The molecule has 3 aliphatic rings. The molecule has 0 spiro atoms. The number of anilines is 5. The standard InChI is InChI=1S/C62H66N12O16S/c1-36(65-53(76)14-9-8-13-52(75)63-26-27-72-55(78)24-25-56(72)79)57(80)66-37(2)58(81)68-42-20-22-43(23-21-42)90-62(84)74-46-32-50(49(88-5)31-44(46)60(83)73-45-12-7-6-11-39(45)29-48(73)61(74)91(85,86)87)89-28-10-15-54(77)67-41-18-16-38(17-19-41)40-30-47(71(4)33-40)59(82)69-51-34-70(3)35-64-51/h6-7,11-12,16-25,30-37,48,61H,8-10,13-15,26-29H2,1-5H3,(H,63,75)(H,65,76)(H,66,80)(H,67,77)(H,68,81)(H,69,82)(H,85,86,87)/t36-,37-,48+,61?/m1/s1. The zero-order valence-corrected chi connectivity index (χ0v) is 50.9. The number of carbonyl (C=O) groups excluding carboxylic acids is 10. The van der Waals surface area contributed by atoms with Crippen LogP contribution in [0.3, 0.4) is 0 Å². The van der Waals surface area contributed by atoms with Crippen LogP contribution in [0.15, 0.2) is 122 Å². The van der Waals surface area contributed by atoms with Crippen LogP contribution in [-0.2, 0) is 64.2 Å². The Balaban J connectivity index is 0.804. The van der Waals surface area contributed by atoms with Crippen molar-refractivity contribution in [3.8, 4) is 28.4 Å². The highest BCUT2D eigenvalue weighted by molar-refractivity contribution is 7.86. The van der Waals surface area contributed by atoms with Gasteiger partial charge in [-0.1, -0.05) is 30.3 Å². The molecule has 0 fully saturated rings. The number of unbranched alkanes of at least 4 members (excludes halogenated alkanes) is 1. The summed E-state index contributed by atoms with van der Waals surface area (Å²) >= 11 is 0. The lowest BCUT2D eigenvalue weighted by atomic mass is 10.1. The van der Waals surface area contributed by atoms with E-state index < -0.39 is 75.2 Å². The quantitative estimate of drug-likeness (QED) is 0.0229. The van der Waals surface area contributed by atoms with Crippen LogP contribution in [0.25, 0.3) is 11.1 Å². The minimum absolute atomic E-state index is 0.00297. The van der Waals surface area contributed by atoms with Crippen LogP contribution in [0.5, 0.6) is 17.2 Å². The van der Waals surface area contributed by atoms with Crippen molar-refractivity contribution in [2.75, 3.05) is 52.6 Å². The maximum absolute atomic E-state index is 14.8. The summed E-state index contributed by atoms with van der Waals surface area (Å²) in [5.74, 6) is -4.24. The third kappa shape index (κ3) is 15.6. The topological polar surface area (TPSA) is 357 Å². The van der Waals surface area contributed by atoms with Gasteiger partial charge >= 0.3 is 6.09 Å². The van der Waals surface area contributed by atoms with Crippen molar-refractivity contribution in [2.24, 2.45) is 14.1 Å². The molecule has 0 saturated carbocycles. The predicted octanol–water partition coefficient (Wildman–Crippen LogP) is 4.84. The number of fused-ring (bicyclic) bond motifs is 4. The maximum atomic E-state index is 14.8. The zero-order valence-electron chi connectivity index (χ0n) is 50.1. The monoisotopic (exact) mass is 1270 g/mol. The Bertz CT molecular complexity index is 3960. The summed E-state index contributed by atoms with van der Waals surface area (Å²) in [4.78, 5) is 137. The fourth-order valence-electron chi connectivity index (χ4n) is 10.5. The molecular formula is C62H66N12O16S. The molecule has 28 nitrogen and oxygen atoms in total. The van der Waals surface area contributed by atoms with Crippen LogP contribution in [0.1, 0.15) is 78.8 Å². The van der Waals surface area contributed by atoms with Gasteiger partial charge in [0.25, 0.3) is 33.7 Å². The van der Waals surface area contributed by atoms with E-state index in [-0.39, 0.29) is 104 Å². The van der Waals surface area contributed by atoms with Crippen molar-refractivity contribution < 1.29 is 75.1 Å². The lowest BCUT2D eigenvalue weighted by Crippen LogP contribution is -2.56. The van der Waals surface area contributed by atoms with Crippen LogP contribution < -0.4 is 55.9 Å². The second-order valence-corrected chi connectivity index (χ2v) is 23.2. The number of benzene rings is 4. The molecule has 2 aromatic heterocycles. The first-order valence-corrected chi connectivity index (χ1v) is 30.4. The summed E-state index contributed by atoms with van der Waals surface area (Å²) in [7, 11) is -0.421. The van der Waals surface area contributed by atoms with Gasteiger partial charge in [-0.25, -0.2) is 9.78 Å². The van der Waals surface area contributed by atoms with Gasteiger partial charge in [0.1, 0.15) is 23.5 Å². The van der Waals surface area contributed by atoms with Gasteiger partial charge < -0.3 is 60.1 Å². The number of imide groups is 1. The second-order valence-electron chi connectivity index (χ2n) is 21.7. The van der Waals surface area contributed by atoms with E-state index in [0.29, 0.717) is 46.2 Å². The van der Waals surface area contributed by atoms with Crippen LogP contribution in [0.4, 0.5) is 33.4 Å². The summed E-state index contributed by atoms with van der Waals surface area (Å²) in [5, 5.41) is 13.8. The van der Waals surface area contributed by atoms with Crippen LogP contribution in [-0.4, -0.2) is 142 Å². The van der Waals surface area contributed by atoms with Gasteiger partial charge in [0.15, 0.2) is 22.7 Å². The Hall–Kier alpha value is -10.7. The SMILES string of the molecule is COc1cc2c(cc1OCCCC(=O)Nc1ccc(-c3cc(C(=O)Nc4cn(C)cn4)n(C)c3)cc1)N(C(=O)Oc1ccc(NC(=O)[C@@H](C)NC(=O)[C@@H](C)NC(=O)CCCCC(=O)NCCN3C(=O)C=CC3=O)cc1)C(S(=O)(=O)O)[C@@H]1Cc3ccccc3N1C2=O. The number of nitrogens with zero attached hydrogens (tertiary/aromatic N) is 6. The van der Waals surface area contributed by atoms with E-state index in [1.54, 1.807) is 90.4 Å². The van der Waals surface area contributed by atoms with E-state index in [4.69, 9.17) is 14.2 Å². The number of amides is 10. The van der Waals surface area contributed by atoms with Gasteiger partial charge in [0.05, 0.1) is 37.3 Å². The van der Waals surface area contributed by atoms with Crippen LogP contribution in [0, 0.1) is 0 Å². The van der Waals surface area contributed by atoms with Crippen LogP contribution in [0.2, 0.25) is 0 Å².